The van der Waals surface area contributed by atoms with Gasteiger partial charge in [0.25, 0.3) is 0 Å². The number of methoxy groups -OCH3 is 2. The van der Waals surface area contributed by atoms with Gasteiger partial charge in [-0.15, -0.1) is 0 Å². The van der Waals surface area contributed by atoms with Gasteiger partial charge in [0, 0.05) is 18.1 Å². The van der Waals surface area contributed by atoms with Gasteiger partial charge >= 0.3 is 0 Å². The number of Topliss-reactive ketones (excluding diaryl/α,β-unsaturated/α-hetero) is 1. The third-order valence-corrected chi connectivity index (χ3v) is 3.64. The Hall–Kier alpha value is -1.51. The Morgan fingerprint density at radius 3 is 1.95 bits per heavy atom. The Labute approximate surface area is 115 Å². The van der Waals surface area contributed by atoms with E-state index in [0.717, 1.165) is 0 Å². The first-order chi connectivity index (χ1) is 8.77. The first-order valence-corrected chi connectivity index (χ1v) is 6.54. The summed E-state index contributed by atoms with van der Waals surface area (Å²) >= 11 is 0. The highest BCUT2D eigenvalue weighted by Crippen LogP contribution is 2.30. The van der Waals surface area contributed by atoms with E-state index in [1.807, 2.05) is 0 Å². The maximum absolute atomic E-state index is 12.3. The van der Waals surface area contributed by atoms with Gasteiger partial charge in [0.1, 0.15) is 11.5 Å². The quantitative estimate of drug-likeness (QED) is 0.755. The summed E-state index contributed by atoms with van der Waals surface area (Å²) in [4.78, 5) is 12.3. The van der Waals surface area contributed by atoms with Crippen molar-refractivity contribution in [3.63, 3.8) is 0 Å². The molecule has 3 nitrogen and oxygen atoms in total. The monoisotopic (exact) mass is 264 g/mol. The number of rotatable bonds is 5. The van der Waals surface area contributed by atoms with Crippen molar-refractivity contribution in [1.29, 1.82) is 0 Å². The van der Waals surface area contributed by atoms with E-state index < -0.39 is 0 Å². The molecule has 106 valence electrons. The van der Waals surface area contributed by atoms with Gasteiger partial charge in [-0.3, -0.25) is 4.79 Å². The van der Waals surface area contributed by atoms with Gasteiger partial charge in [-0.1, -0.05) is 27.7 Å². The van der Waals surface area contributed by atoms with Crippen molar-refractivity contribution in [2.75, 3.05) is 14.2 Å². The van der Waals surface area contributed by atoms with Crippen molar-refractivity contribution >= 4 is 5.78 Å². The van der Waals surface area contributed by atoms with E-state index in [1.54, 1.807) is 32.4 Å². The second-order valence-electron chi connectivity index (χ2n) is 6.00. The standard InChI is InChI=1S/C16H24O3/c1-11(16(2,3)4)7-15(17)12-8-13(18-5)10-14(9-12)19-6/h8-11H,7H2,1-6H3. The van der Waals surface area contributed by atoms with Crippen LogP contribution in [0.3, 0.4) is 0 Å². The Bertz CT molecular complexity index is 422. The number of hydrogen-bond acceptors (Lipinski definition) is 3. The number of carbonyl (C=O) groups excluding carboxylic acids is 1. The molecule has 0 bridgehead atoms. The van der Waals surface area contributed by atoms with E-state index in [2.05, 4.69) is 27.7 Å². The SMILES string of the molecule is COc1cc(OC)cc(C(=O)CC(C)C(C)(C)C)c1. The normalized spacial score (nSPS) is 12.9. The maximum Gasteiger partial charge on any atom is 0.163 e. The molecule has 0 heterocycles. The largest absolute Gasteiger partial charge is 0.497 e. The van der Waals surface area contributed by atoms with Gasteiger partial charge in [-0.05, 0) is 23.5 Å². The molecule has 0 saturated heterocycles. The van der Waals surface area contributed by atoms with Crippen LogP contribution in [0.5, 0.6) is 11.5 Å². The molecule has 0 fully saturated rings. The molecular weight excluding hydrogens is 240 g/mol. The van der Waals surface area contributed by atoms with Crippen LogP contribution in [0, 0.1) is 11.3 Å². The highest BCUT2D eigenvalue weighted by atomic mass is 16.5. The van der Waals surface area contributed by atoms with Crippen LogP contribution in [-0.4, -0.2) is 20.0 Å². The zero-order chi connectivity index (χ0) is 14.6. The fourth-order valence-electron chi connectivity index (χ4n) is 1.67. The molecular formula is C16H24O3. The molecule has 0 aliphatic rings. The zero-order valence-corrected chi connectivity index (χ0v) is 12.7. The van der Waals surface area contributed by atoms with Gasteiger partial charge in [0.15, 0.2) is 5.78 Å². The summed E-state index contributed by atoms with van der Waals surface area (Å²) in [5.74, 6) is 1.73. The molecule has 0 aliphatic carbocycles. The third-order valence-electron chi connectivity index (χ3n) is 3.64. The molecule has 19 heavy (non-hydrogen) atoms. The molecule has 0 saturated carbocycles. The van der Waals surface area contributed by atoms with E-state index in [9.17, 15) is 4.79 Å². The number of ether oxygens (including phenoxy) is 2. The minimum absolute atomic E-state index is 0.124. The molecule has 1 atom stereocenters. The summed E-state index contributed by atoms with van der Waals surface area (Å²) in [6.07, 6.45) is 0.528. The Morgan fingerprint density at radius 2 is 1.58 bits per heavy atom. The highest BCUT2D eigenvalue weighted by molar-refractivity contribution is 5.97. The fraction of sp³-hybridized carbons (Fsp3) is 0.562. The van der Waals surface area contributed by atoms with Crippen LogP contribution in [-0.2, 0) is 0 Å². The van der Waals surface area contributed by atoms with Crippen LogP contribution in [0.15, 0.2) is 18.2 Å². The summed E-state index contributed by atoms with van der Waals surface area (Å²) in [7, 11) is 3.17. The summed E-state index contributed by atoms with van der Waals surface area (Å²) in [5, 5.41) is 0. The number of ketones is 1. The molecule has 1 aromatic rings. The summed E-state index contributed by atoms with van der Waals surface area (Å²) in [6, 6.07) is 5.30. The molecule has 0 radical (unpaired) electrons. The number of benzene rings is 1. The number of carbonyl (C=O) groups is 1. The summed E-state index contributed by atoms with van der Waals surface area (Å²) in [5.41, 5.74) is 0.769. The van der Waals surface area contributed by atoms with Crippen LogP contribution >= 0.6 is 0 Å². The van der Waals surface area contributed by atoms with E-state index in [4.69, 9.17) is 9.47 Å². The topological polar surface area (TPSA) is 35.5 Å². The van der Waals surface area contributed by atoms with Gasteiger partial charge in [0.2, 0.25) is 0 Å². The Kier molecular flexibility index (Phi) is 4.98. The second-order valence-corrected chi connectivity index (χ2v) is 6.00. The average molecular weight is 264 g/mol. The molecule has 1 aromatic carbocycles. The Balaban J connectivity index is 2.93. The molecule has 1 rings (SSSR count). The molecule has 1 unspecified atom stereocenters. The van der Waals surface area contributed by atoms with E-state index in [1.165, 1.54) is 0 Å². The van der Waals surface area contributed by atoms with E-state index in [-0.39, 0.29) is 11.2 Å². The molecule has 3 heteroatoms. The lowest BCUT2D eigenvalue weighted by Crippen LogP contribution is -2.20. The lowest BCUT2D eigenvalue weighted by molar-refractivity contribution is 0.0926. The zero-order valence-electron chi connectivity index (χ0n) is 12.7. The minimum atomic E-state index is 0.124. The molecule has 0 aliphatic heterocycles. The third kappa shape index (κ3) is 4.27. The van der Waals surface area contributed by atoms with Crippen molar-refractivity contribution in [3.8, 4) is 11.5 Å². The van der Waals surface area contributed by atoms with Crippen LogP contribution in [0.4, 0.5) is 0 Å². The van der Waals surface area contributed by atoms with Crippen molar-refractivity contribution in [2.24, 2.45) is 11.3 Å². The minimum Gasteiger partial charge on any atom is -0.497 e. The maximum atomic E-state index is 12.3. The van der Waals surface area contributed by atoms with Crippen LogP contribution in [0.2, 0.25) is 0 Å². The van der Waals surface area contributed by atoms with Crippen LogP contribution in [0.25, 0.3) is 0 Å². The highest BCUT2D eigenvalue weighted by Gasteiger charge is 2.23. The summed E-state index contributed by atoms with van der Waals surface area (Å²) < 4.78 is 10.4. The van der Waals surface area contributed by atoms with Crippen molar-refractivity contribution in [2.45, 2.75) is 34.1 Å². The van der Waals surface area contributed by atoms with E-state index in [0.29, 0.717) is 29.4 Å². The van der Waals surface area contributed by atoms with E-state index >= 15 is 0 Å². The smallest absolute Gasteiger partial charge is 0.163 e. The van der Waals surface area contributed by atoms with Crippen molar-refractivity contribution in [3.05, 3.63) is 23.8 Å². The lowest BCUT2D eigenvalue weighted by Gasteiger charge is -2.26. The van der Waals surface area contributed by atoms with Crippen molar-refractivity contribution < 1.29 is 14.3 Å². The summed E-state index contributed by atoms with van der Waals surface area (Å²) in [6.45, 7) is 8.56. The van der Waals surface area contributed by atoms with Gasteiger partial charge < -0.3 is 9.47 Å². The molecule has 0 amide bonds. The molecule has 0 N–H and O–H groups in total. The van der Waals surface area contributed by atoms with Gasteiger partial charge in [-0.2, -0.15) is 0 Å². The fourth-order valence-corrected chi connectivity index (χ4v) is 1.67. The molecule has 0 spiro atoms. The number of hydrogen-bond donors (Lipinski definition) is 0. The average Bonchev–Trinajstić information content (AvgIpc) is 2.36. The Morgan fingerprint density at radius 1 is 1.11 bits per heavy atom. The second kappa shape index (κ2) is 6.09. The molecule has 0 aromatic heterocycles. The van der Waals surface area contributed by atoms with Gasteiger partial charge in [0.05, 0.1) is 14.2 Å². The lowest BCUT2D eigenvalue weighted by atomic mass is 9.78. The van der Waals surface area contributed by atoms with Gasteiger partial charge in [-0.25, -0.2) is 0 Å². The van der Waals surface area contributed by atoms with Crippen molar-refractivity contribution in [1.82, 2.24) is 0 Å². The van der Waals surface area contributed by atoms with Crippen LogP contribution < -0.4 is 9.47 Å². The van der Waals surface area contributed by atoms with Crippen LogP contribution in [0.1, 0.15) is 44.5 Å². The predicted molar refractivity (Wildman–Crippen MR) is 77.1 cm³/mol. The first-order valence-electron chi connectivity index (χ1n) is 6.54. The first kappa shape index (κ1) is 15.5. The predicted octanol–water partition coefficient (Wildman–Crippen LogP) is 3.96.